The molecule has 0 aromatic carbocycles. The second kappa shape index (κ2) is 8.49. The van der Waals surface area contributed by atoms with Gasteiger partial charge in [-0.05, 0) is 66.0 Å². The number of hydrogen-bond acceptors (Lipinski definition) is 6. The topological polar surface area (TPSA) is 92.2 Å². The van der Waals surface area contributed by atoms with Gasteiger partial charge in [0, 0.05) is 12.1 Å². The number of carbonyl (C=O) groups excluding carboxylic acids is 2. The van der Waals surface area contributed by atoms with E-state index in [2.05, 4.69) is 10.5 Å². The number of quaternary nitrogens is 2. The van der Waals surface area contributed by atoms with Gasteiger partial charge in [0.05, 0.1) is 25.1 Å². The number of rotatable bonds is 4. The first-order valence-electron chi connectivity index (χ1n) is 11.7. The van der Waals surface area contributed by atoms with Gasteiger partial charge >= 0.3 is 11.8 Å². The number of piperidine rings is 1. The number of nitrogens with zero attached hydrogens (tertiary/aromatic N) is 3. The van der Waals surface area contributed by atoms with E-state index in [1.165, 1.54) is 11.3 Å². The largest absolute Gasteiger partial charge is 0.408 e. The van der Waals surface area contributed by atoms with Gasteiger partial charge in [0.2, 0.25) is 5.70 Å². The highest BCUT2D eigenvalue weighted by Crippen LogP contribution is 2.36. The Morgan fingerprint density at radius 1 is 1.07 bits per heavy atom. The van der Waals surface area contributed by atoms with E-state index in [9.17, 15) is 9.59 Å². The zero-order valence-corrected chi connectivity index (χ0v) is 18.7. The summed E-state index contributed by atoms with van der Waals surface area (Å²) in [4.78, 5) is 30.8. The molecular formula is C22H38N6O2+2. The second-order valence-electron chi connectivity index (χ2n) is 9.81. The molecule has 8 heteroatoms. The van der Waals surface area contributed by atoms with Crippen molar-refractivity contribution in [2.24, 2.45) is 10.8 Å². The molecule has 2 amide bonds. The molecule has 1 saturated carbocycles. The first-order chi connectivity index (χ1) is 14.4. The smallest absolute Gasteiger partial charge is 0.328 e. The van der Waals surface area contributed by atoms with Crippen LogP contribution in [0.2, 0.25) is 0 Å². The van der Waals surface area contributed by atoms with Crippen LogP contribution in [0.15, 0.2) is 16.4 Å². The average molecular weight is 419 g/mol. The van der Waals surface area contributed by atoms with Gasteiger partial charge < -0.3 is 11.2 Å². The fourth-order valence-corrected chi connectivity index (χ4v) is 5.83. The van der Waals surface area contributed by atoms with Crippen molar-refractivity contribution in [2.45, 2.75) is 76.5 Å². The van der Waals surface area contributed by atoms with Gasteiger partial charge in [-0.2, -0.15) is 9.58 Å². The molecule has 3 heterocycles. The Bertz CT molecular complexity index is 770. The molecule has 0 aromatic heterocycles. The molecule has 3 aliphatic heterocycles. The first-order valence-corrected chi connectivity index (χ1v) is 11.7. The number of imide groups is 1. The van der Waals surface area contributed by atoms with Gasteiger partial charge in [0.25, 0.3) is 0 Å². The van der Waals surface area contributed by atoms with Crippen molar-refractivity contribution in [2.75, 3.05) is 33.7 Å². The SMILES string of the molecule is CC1=C([NH+]2CCCCC2)C(=O)[N+]2(CCC2N(C)C)C(=O)/C1=N\NC1CCCC(N)C1. The molecular weight excluding hydrogens is 380 g/mol. The molecule has 0 bridgehead atoms. The lowest BCUT2D eigenvalue weighted by Gasteiger charge is -2.51. The summed E-state index contributed by atoms with van der Waals surface area (Å²) in [7, 11) is 3.92. The number of likely N-dealkylation sites (tertiary alicyclic amines) is 1. The van der Waals surface area contributed by atoms with Crippen LogP contribution >= 0.6 is 0 Å². The number of hydrogen-bond donors (Lipinski definition) is 3. The third kappa shape index (κ3) is 3.53. The minimum Gasteiger partial charge on any atom is -0.328 e. The summed E-state index contributed by atoms with van der Waals surface area (Å²) >= 11 is 0. The number of hydrazone groups is 1. The van der Waals surface area contributed by atoms with Crippen LogP contribution in [-0.4, -0.2) is 78.9 Å². The minimum absolute atomic E-state index is 0.00186. The van der Waals surface area contributed by atoms with Crippen molar-refractivity contribution in [3.05, 3.63) is 11.3 Å². The van der Waals surface area contributed by atoms with Crippen molar-refractivity contribution in [1.29, 1.82) is 0 Å². The van der Waals surface area contributed by atoms with Gasteiger partial charge in [-0.1, -0.05) is 0 Å². The predicted octanol–water partition coefficient (Wildman–Crippen LogP) is -0.280. The molecule has 2 saturated heterocycles. The summed E-state index contributed by atoms with van der Waals surface area (Å²) in [6.07, 6.45) is 8.22. The molecule has 0 radical (unpaired) electrons. The van der Waals surface area contributed by atoms with Crippen molar-refractivity contribution in [1.82, 2.24) is 10.3 Å². The third-order valence-corrected chi connectivity index (χ3v) is 7.60. The summed E-state index contributed by atoms with van der Waals surface area (Å²) in [6.45, 7) is 4.40. The molecule has 166 valence electrons. The summed E-state index contributed by atoms with van der Waals surface area (Å²) in [6, 6.07) is 0.386. The van der Waals surface area contributed by atoms with Crippen LogP contribution in [0.5, 0.6) is 0 Å². The quantitative estimate of drug-likeness (QED) is 0.332. The zero-order chi connectivity index (χ0) is 21.5. The van der Waals surface area contributed by atoms with Crippen LogP contribution < -0.4 is 16.1 Å². The van der Waals surface area contributed by atoms with Crippen LogP contribution in [0, 0.1) is 0 Å². The Labute approximate surface area is 179 Å². The van der Waals surface area contributed by atoms with Gasteiger partial charge in [-0.25, -0.2) is 9.59 Å². The second-order valence-corrected chi connectivity index (χ2v) is 9.81. The third-order valence-electron chi connectivity index (χ3n) is 7.60. The van der Waals surface area contributed by atoms with E-state index in [0.717, 1.165) is 69.3 Å². The maximum absolute atomic E-state index is 13.8. The van der Waals surface area contributed by atoms with Crippen LogP contribution in [0.3, 0.4) is 0 Å². The summed E-state index contributed by atoms with van der Waals surface area (Å²) < 4.78 is -0.117. The molecule has 3 fully saturated rings. The van der Waals surface area contributed by atoms with Crippen LogP contribution in [0.25, 0.3) is 0 Å². The Balaban J connectivity index is 1.71. The molecule has 0 aromatic rings. The summed E-state index contributed by atoms with van der Waals surface area (Å²) in [5.74, 6) is -0.145. The van der Waals surface area contributed by atoms with Gasteiger partial charge in [0.1, 0.15) is 6.54 Å². The van der Waals surface area contributed by atoms with E-state index in [4.69, 9.17) is 5.73 Å². The molecule has 4 unspecified atom stereocenters. The number of nitrogens with two attached hydrogens (primary N) is 1. The van der Waals surface area contributed by atoms with Gasteiger partial charge in [-0.3, -0.25) is 9.80 Å². The van der Waals surface area contributed by atoms with E-state index < -0.39 is 0 Å². The van der Waals surface area contributed by atoms with Gasteiger partial charge in [-0.15, -0.1) is 0 Å². The van der Waals surface area contributed by atoms with Crippen molar-refractivity contribution in [3.63, 3.8) is 0 Å². The zero-order valence-electron chi connectivity index (χ0n) is 18.7. The molecule has 30 heavy (non-hydrogen) atoms. The lowest BCUT2D eigenvalue weighted by molar-refractivity contribution is -0.894. The number of amides is 2. The lowest BCUT2D eigenvalue weighted by Crippen LogP contribution is -3.13. The van der Waals surface area contributed by atoms with E-state index in [1.54, 1.807) is 0 Å². The fraction of sp³-hybridized carbons (Fsp3) is 0.773. The number of nitrogens with one attached hydrogen (secondary N) is 2. The van der Waals surface area contributed by atoms with E-state index in [1.807, 2.05) is 25.9 Å². The number of carbonyl (C=O) groups is 2. The average Bonchev–Trinajstić information content (AvgIpc) is 2.68. The maximum atomic E-state index is 13.8. The van der Waals surface area contributed by atoms with Crippen molar-refractivity contribution < 1.29 is 19.0 Å². The Morgan fingerprint density at radius 2 is 1.80 bits per heavy atom. The normalized spacial score (nSPS) is 37.2. The maximum Gasteiger partial charge on any atom is 0.408 e. The highest BCUT2D eigenvalue weighted by atomic mass is 16.2. The molecule has 1 aliphatic carbocycles. The highest BCUT2D eigenvalue weighted by molar-refractivity contribution is 6.46. The monoisotopic (exact) mass is 418 g/mol. The molecule has 8 nitrogen and oxygen atoms in total. The van der Waals surface area contributed by atoms with Crippen molar-refractivity contribution >= 4 is 17.5 Å². The van der Waals surface area contributed by atoms with Crippen molar-refractivity contribution in [3.8, 4) is 0 Å². The molecule has 4 rings (SSSR count). The molecule has 4 atom stereocenters. The van der Waals surface area contributed by atoms with E-state index in [0.29, 0.717) is 12.3 Å². The van der Waals surface area contributed by atoms with Crippen LogP contribution in [0.1, 0.15) is 58.3 Å². The molecule has 4 aliphatic rings. The molecule has 4 N–H and O–H groups in total. The van der Waals surface area contributed by atoms with Crippen LogP contribution in [-0.2, 0) is 9.59 Å². The summed E-state index contributed by atoms with van der Waals surface area (Å²) in [5, 5.41) is 4.66. The Morgan fingerprint density at radius 3 is 2.40 bits per heavy atom. The van der Waals surface area contributed by atoms with Crippen LogP contribution in [0.4, 0.5) is 0 Å². The molecule has 1 spiro atoms. The standard InChI is InChI=1S/C22H36N6O2/c1-15-19(25-24-17-9-7-8-16(23)14-17)21(29)28(13-10-18(28)26(2)3)22(30)20(15)27-11-5-4-6-12-27/h16-18H,4-14,23H2,1-3H3/p+2. The van der Waals surface area contributed by atoms with E-state index >= 15 is 0 Å². The first kappa shape index (κ1) is 21.6. The fourth-order valence-electron chi connectivity index (χ4n) is 5.83. The summed E-state index contributed by atoms with van der Waals surface area (Å²) in [5.41, 5.74) is 11.4. The minimum atomic E-state index is -0.143. The Kier molecular flexibility index (Phi) is 6.12. The van der Waals surface area contributed by atoms with Gasteiger partial charge in [0.15, 0.2) is 11.9 Å². The predicted molar refractivity (Wildman–Crippen MR) is 115 cm³/mol. The Hall–Kier alpha value is -1.61. The van der Waals surface area contributed by atoms with E-state index in [-0.39, 0.29) is 34.5 Å². The highest BCUT2D eigenvalue weighted by Gasteiger charge is 2.66. The lowest BCUT2D eigenvalue weighted by atomic mass is 9.90.